The van der Waals surface area contributed by atoms with Gasteiger partial charge in [0, 0.05) is 18.3 Å². The quantitative estimate of drug-likeness (QED) is 0.551. The number of nitrogens with zero attached hydrogens (tertiary/aromatic N) is 1. The van der Waals surface area contributed by atoms with Crippen LogP contribution in [0.3, 0.4) is 0 Å². The first-order chi connectivity index (χ1) is 8.00. The maximum absolute atomic E-state index is 11.3. The molecule has 94 valence electrons. The summed E-state index contributed by atoms with van der Waals surface area (Å²) in [6.07, 6.45) is 2.36. The molecule has 1 heterocycles. The summed E-state index contributed by atoms with van der Waals surface area (Å²) >= 11 is 0. The molecule has 2 fully saturated rings. The van der Waals surface area contributed by atoms with E-state index in [0.717, 1.165) is 19.3 Å². The fraction of sp³-hybridized carbons (Fsp3) is 0.727. The van der Waals surface area contributed by atoms with Gasteiger partial charge in [-0.25, -0.2) is 4.79 Å². The first kappa shape index (κ1) is 11.9. The molecule has 1 aliphatic heterocycles. The second-order valence-electron chi connectivity index (χ2n) is 4.88. The van der Waals surface area contributed by atoms with E-state index in [1.165, 1.54) is 0 Å². The number of imide groups is 1. The van der Waals surface area contributed by atoms with E-state index >= 15 is 0 Å². The van der Waals surface area contributed by atoms with Gasteiger partial charge < -0.3 is 4.74 Å². The van der Waals surface area contributed by atoms with Crippen molar-refractivity contribution in [3.8, 4) is 0 Å². The van der Waals surface area contributed by atoms with Crippen molar-refractivity contribution in [2.24, 2.45) is 5.41 Å². The fourth-order valence-electron chi connectivity index (χ4n) is 1.92. The Morgan fingerprint density at radius 1 is 1.29 bits per heavy atom. The van der Waals surface area contributed by atoms with Gasteiger partial charge in [-0.2, -0.15) is 0 Å². The normalized spacial score (nSPS) is 22.3. The molecule has 1 saturated carbocycles. The third-order valence-electron chi connectivity index (χ3n) is 3.27. The summed E-state index contributed by atoms with van der Waals surface area (Å²) in [5.74, 6) is -0.997. The lowest BCUT2D eigenvalue weighted by Gasteiger charge is -2.37. The van der Waals surface area contributed by atoms with Crippen molar-refractivity contribution in [3.05, 3.63) is 0 Å². The molecule has 0 spiro atoms. The van der Waals surface area contributed by atoms with E-state index in [1.807, 2.05) is 6.92 Å². The minimum absolute atomic E-state index is 0.0258. The van der Waals surface area contributed by atoms with Crippen molar-refractivity contribution in [2.75, 3.05) is 6.61 Å². The highest BCUT2D eigenvalue weighted by molar-refractivity contribution is 6.01. The summed E-state index contributed by atoms with van der Waals surface area (Å²) in [6.45, 7) is 2.29. The molecular weight excluding hydrogens is 226 g/mol. The van der Waals surface area contributed by atoms with Crippen LogP contribution in [-0.4, -0.2) is 29.6 Å². The lowest BCUT2D eigenvalue weighted by Crippen LogP contribution is -2.36. The maximum atomic E-state index is 11.3. The lowest BCUT2D eigenvalue weighted by atomic mass is 9.71. The molecule has 1 aliphatic carbocycles. The van der Waals surface area contributed by atoms with Crippen LogP contribution in [0.1, 0.15) is 39.0 Å². The number of carbonyl (C=O) groups is 3. The van der Waals surface area contributed by atoms with E-state index in [-0.39, 0.29) is 24.9 Å². The number of carbonyl (C=O) groups excluding carboxylic acids is 3. The Balaban J connectivity index is 1.77. The zero-order valence-corrected chi connectivity index (χ0v) is 9.73. The van der Waals surface area contributed by atoms with Crippen LogP contribution in [0.15, 0.2) is 0 Å². The topological polar surface area (TPSA) is 72.9 Å². The minimum atomic E-state index is -0.985. The molecule has 17 heavy (non-hydrogen) atoms. The predicted molar refractivity (Wildman–Crippen MR) is 55.5 cm³/mol. The Labute approximate surface area is 98.8 Å². The molecule has 2 rings (SSSR count). The van der Waals surface area contributed by atoms with Gasteiger partial charge in [-0.1, -0.05) is 18.4 Å². The summed E-state index contributed by atoms with van der Waals surface area (Å²) in [4.78, 5) is 38.2. The monoisotopic (exact) mass is 241 g/mol. The van der Waals surface area contributed by atoms with E-state index in [2.05, 4.69) is 4.84 Å². The van der Waals surface area contributed by atoms with Gasteiger partial charge in [0.15, 0.2) is 0 Å². The van der Waals surface area contributed by atoms with Crippen molar-refractivity contribution in [1.82, 2.24) is 5.06 Å². The Morgan fingerprint density at radius 2 is 1.88 bits per heavy atom. The Bertz CT molecular complexity index is 345. The van der Waals surface area contributed by atoms with Gasteiger partial charge in [-0.3, -0.25) is 14.4 Å². The van der Waals surface area contributed by atoms with Gasteiger partial charge in [0.25, 0.3) is 11.8 Å². The Kier molecular flexibility index (Phi) is 3.04. The summed E-state index contributed by atoms with van der Waals surface area (Å²) in [5.41, 5.74) is 0.0258. The van der Waals surface area contributed by atoms with Crippen molar-refractivity contribution < 1.29 is 24.0 Å². The molecule has 0 aromatic rings. The minimum Gasteiger partial charge on any atom is -0.432 e. The predicted octanol–water partition coefficient (Wildman–Crippen LogP) is 1.39. The highest BCUT2D eigenvalue weighted by Crippen LogP contribution is 2.40. The van der Waals surface area contributed by atoms with Crippen LogP contribution < -0.4 is 0 Å². The molecule has 0 aromatic carbocycles. The molecule has 2 aliphatic rings. The van der Waals surface area contributed by atoms with E-state index in [4.69, 9.17) is 4.74 Å². The van der Waals surface area contributed by atoms with Crippen LogP contribution in [0.4, 0.5) is 4.79 Å². The zero-order valence-electron chi connectivity index (χ0n) is 9.73. The van der Waals surface area contributed by atoms with Crippen LogP contribution in [-0.2, 0) is 19.2 Å². The summed E-state index contributed by atoms with van der Waals surface area (Å²) in [7, 11) is 0. The number of rotatable bonds is 3. The van der Waals surface area contributed by atoms with E-state index in [1.54, 1.807) is 0 Å². The molecule has 0 unspecified atom stereocenters. The van der Waals surface area contributed by atoms with Crippen molar-refractivity contribution in [3.63, 3.8) is 0 Å². The lowest BCUT2D eigenvalue weighted by molar-refractivity contribution is -0.178. The van der Waals surface area contributed by atoms with Gasteiger partial charge in [-0.05, 0) is 12.8 Å². The van der Waals surface area contributed by atoms with Crippen molar-refractivity contribution in [1.29, 1.82) is 0 Å². The molecule has 2 amide bonds. The highest BCUT2D eigenvalue weighted by atomic mass is 16.8. The number of hydroxylamine groups is 2. The number of amides is 2. The van der Waals surface area contributed by atoms with Gasteiger partial charge in [0.2, 0.25) is 0 Å². The summed E-state index contributed by atoms with van der Waals surface area (Å²) in [6, 6.07) is 0. The molecule has 0 bridgehead atoms. The summed E-state index contributed by atoms with van der Waals surface area (Å²) in [5, 5.41) is 0.492. The van der Waals surface area contributed by atoms with E-state index in [0.29, 0.717) is 5.06 Å². The number of hydrogen-bond acceptors (Lipinski definition) is 5. The van der Waals surface area contributed by atoms with E-state index < -0.39 is 18.0 Å². The van der Waals surface area contributed by atoms with E-state index in [9.17, 15) is 14.4 Å². The SMILES string of the molecule is CC1(COC(=O)ON2C(=O)CCC2=O)CCC1. The molecule has 0 N–H and O–H groups in total. The largest absolute Gasteiger partial charge is 0.533 e. The molecule has 6 heteroatoms. The maximum Gasteiger partial charge on any atom is 0.533 e. The van der Waals surface area contributed by atoms with Crippen LogP contribution in [0.5, 0.6) is 0 Å². The van der Waals surface area contributed by atoms with Crippen molar-refractivity contribution in [2.45, 2.75) is 39.0 Å². The average molecular weight is 241 g/mol. The van der Waals surface area contributed by atoms with Gasteiger partial charge >= 0.3 is 6.16 Å². The number of ether oxygens (including phenoxy) is 1. The van der Waals surface area contributed by atoms with Crippen molar-refractivity contribution >= 4 is 18.0 Å². The smallest absolute Gasteiger partial charge is 0.432 e. The molecule has 0 radical (unpaired) electrons. The number of hydrogen-bond donors (Lipinski definition) is 0. The van der Waals surface area contributed by atoms with Crippen LogP contribution in [0.25, 0.3) is 0 Å². The van der Waals surface area contributed by atoms with Crippen LogP contribution in [0.2, 0.25) is 0 Å². The summed E-state index contributed by atoms with van der Waals surface area (Å²) < 4.78 is 4.90. The third kappa shape index (κ3) is 2.57. The van der Waals surface area contributed by atoms with Gasteiger partial charge in [-0.15, -0.1) is 0 Å². The molecule has 6 nitrogen and oxygen atoms in total. The zero-order chi connectivity index (χ0) is 12.5. The molecular formula is C11H15NO5. The average Bonchev–Trinajstić information content (AvgIpc) is 2.55. The highest BCUT2D eigenvalue weighted by Gasteiger charge is 2.36. The Hall–Kier alpha value is -1.59. The Morgan fingerprint density at radius 3 is 2.35 bits per heavy atom. The third-order valence-corrected chi connectivity index (χ3v) is 3.27. The van der Waals surface area contributed by atoms with Gasteiger partial charge in [0.1, 0.15) is 6.61 Å². The fourth-order valence-corrected chi connectivity index (χ4v) is 1.92. The first-order valence-corrected chi connectivity index (χ1v) is 5.71. The van der Waals surface area contributed by atoms with Crippen LogP contribution in [0, 0.1) is 5.41 Å². The second-order valence-corrected chi connectivity index (χ2v) is 4.88. The molecule has 0 atom stereocenters. The second kappa shape index (κ2) is 4.35. The molecule has 0 aromatic heterocycles. The van der Waals surface area contributed by atoms with Gasteiger partial charge in [0.05, 0.1) is 0 Å². The molecule has 1 saturated heterocycles. The standard InChI is InChI=1S/C11H15NO5/c1-11(5-2-6-11)7-16-10(15)17-12-8(13)3-4-9(12)14/h2-7H2,1H3. The first-order valence-electron chi connectivity index (χ1n) is 5.71. The van der Waals surface area contributed by atoms with Crippen LogP contribution >= 0.6 is 0 Å².